The molecule has 0 aromatic heterocycles. The van der Waals surface area contributed by atoms with Crippen molar-refractivity contribution in [1.82, 2.24) is 4.90 Å². The van der Waals surface area contributed by atoms with Gasteiger partial charge in [0, 0.05) is 13.7 Å². The normalized spacial score (nSPS) is 21.2. The summed E-state index contributed by atoms with van der Waals surface area (Å²) in [5, 5.41) is 0. The number of hydrogen-bond acceptors (Lipinski definition) is 3. The molecule has 0 saturated carbocycles. The summed E-state index contributed by atoms with van der Waals surface area (Å²) in [5.41, 5.74) is 5.73. The molecule has 96 valence electrons. The molecule has 0 amide bonds. The number of rotatable bonds is 7. The van der Waals surface area contributed by atoms with E-state index in [2.05, 4.69) is 11.8 Å². The van der Waals surface area contributed by atoms with E-state index in [0.29, 0.717) is 0 Å². The minimum Gasteiger partial charge on any atom is -0.384 e. The predicted octanol–water partition coefficient (Wildman–Crippen LogP) is 1.72. The van der Waals surface area contributed by atoms with Gasteiger partial charge in [-0.2, -0.15) is 0 Å². The summed E-state index contributed by atoms with van der Waals surface area (Å²) in [6.45, 7) is 7.74. The molecule has 3 nitrogen and oxygen atoms in total. The molecule has 2 N–H and O–H groups in total. The van der Waals surface area contributed by atoms with E-state index in [1.54, 1.807) is 7.11 Å². The van der Waals surface area contributed by atoms with Gasteiger partial charge in [-0.15, -0.1) is 0 Å². The summed E-state index contributed by atoms with van der Waals surface area (Å²) in [7, 11) is 1.81. The first kappa shape index (κ1) is 13.9. The SMILES string of the molecule is CCC(CN)CCN1CCC(COC)CC1. The van der Waals surface area contributed by atoms with Crippen LogP contribution in [0.4, 0.5) is 0 Å². The van der Waals surface area contributed by atoms with Gasteiger partial charge in [-0.05, 0) is 57.3 Å². The van der Waals surface area contributed by atoms with Crippen molar-refractivity contribution in [2.75, 3.05) is 39.9 Å². The Morgan fingerprint density at radius 2 is 2.06 bits per heavy atom. The zero-order valence-corrected chi connectivity index (χ0v) is 11.0. The van der Waals surface area contributed by atoms with Crippen molar-refractivity contribution in [2.45, 2.75) is 32.6 Å². The second-order valence-electron chi connectivity index (χ2n) is 5.04. The lowest BCUT2D eigenvalue weighted by molar-refractivity contribution is 0.0970. The molecule has 0 aliphatic carbocycles. The van der Waals surface area contributed by atoms with Gasteiger partial charge in [-0.1, -0.05) is 13.3 Å². The first-order chi connectivity index (χ1) is 7.80. The average molecular weight is 228 g/mol. The van der Waals surface area contributed by atoms with Crippen LogP contribution in [0.1, 0.15) is 32.6 Å². The Morgan fingerprint density at radius 1 is 1.38 bits per heavy atom. The number of hydrogen-bond donors (Lipinski definition) is 1. The molecular formula is C13H28N2O. The Morgan fingerprint density at radius 3 is 2.56 bits per heavy atom. The monoisotopic (exact) mass is 228 g/mol. The maximum atomic E-state index is 5.73. The summed E-state index contributed by atoms with van der Waals surface area (Å²) in [6.07, 6.45) is 5.08. The van der Waals surface area contributed by atoms with Gasteiger partial charge in [0.15, 0.2) is 0 Å². The fraction of sp³-hybridized carbons (Fsp3) is 1.00. The molecule has 0 bridgehead atoms. The molecule has 0 spiro atoms. The van der Waals surface area contributed by atoms with Crippen molar-refractivity contribution in [2.24, 2.45) is 17.6 Å². The Kier molecular flexibility index (Phi) is 7.01. The molecule has 1 aliphatic heterocycles. The Hall–Kier alpha value is -0.120. The van der Waals surface area contributed by atoms with Gasteiger partial charge in [-0.3, -0.25) is 0 Å². The highest BCUT2D eigenvalue weighted by Gasteiger charge is 2.19. The number of piperidine rings is 1. The summed E-state index contributed by atoms with van der Waals surface area (Å²) in [5.74, 6) is 1.51. The molecule has 0 radical (unpaired) electrons. The zero-order chi connectivity index (χ0) is 11.8. The highest BCUT2D eigenvalue weighted by Crippen LogP contribution is 2.18. The minimum atomic E-state index is 0.719. The van der Waals surface area contributed by atoms with Gasteiger partial charge >= 0.3 is 0 Å². The molecule has 1 heterocycles. The smallest absolute Gasteiger partial charge is 0.0491 e. The van der Waals surface area contributed by atoms with Crippen molar-refractivity contribution < 1.29 is 4.74 Å². The Labute approximate surface area is 100 Å². The van der Waals surface area contributed by atoms with Gasteiger partial charge in [0.2, 0.25) is 0 Å². The fourth-order valence-corrected chi connectivity index (χ4v) is 2.47. The van der Waals surface area contributed by atoms with Gasteiger partial charge in [0.1, 0.15) is 0 Å². The quantitative estimate of drug-likeness (QED) is 0.721. The van der Waals surface area contributed by atoms with Crippen LogP contribution < -0.4 is 5.73 Å². The fourth-order valence-electron chi connectivity index (χ4n) is 2.47. The van der Waals surface area contributed by atoms with Crippen LogP contribution in [0.15, 0.2) is 0 Å². The lowest BCUT2D eigenvalue weighted by Crippen LogP contribution is -2.36. The summed E-state index contributed by atoms with van der Waals surface area (Å²) >= 11 is 0. The van der Waals surface area contributed by atoms with Gasteiger partial charge in [0.25, 0.3) is 0 Å². The van der Waals surface area contributed by atoms with Crippen molar-refractivity contribution in [3.05, 3.63) is 0 Å². The lowest BCUT2D eigenvalue weighted by atomic mass is 9.96. The molecule has 1 atom stereocenters. The number of likely N-dealkylation sites (tertiary alicyclic amines) is 1. The highest BCUT2D eigenvalue weighted by atomic mass is 16.5. The van der Waals surface area contributed by atoms with E-state index < -0.39 is 0 Å². The third kappa shape index (κ3) is 4.81. The predicted molar refractivity (Wildman–Crippen MR) is 68.5 cm³/mol. The summed E-state index contributed by atoms with van der Waals surface area (Å²) in [4.78, 5) is 2.59. The van der Waals surface area contributed by atoms with Gasteiger partial charge < -0.3 is 15.4 Å². The van der Waals surface area contributed by atoms with E-state index in [9.17, 15) is 0 Å². The lowest BCUT2D eigenvalue weighted by Gasteiger charge is -2.32. The molecule has 1 saturated heterocycles. The second-order valence-corrected chi connectivity index (χ2v) is 5.04. The van der Waals surface area contributed by atoms with Crippen molar-refractivity contribution >= 4 is 0 Å². The van der Waals surface area contributed by atoms with Crippen molar-refractivity contribution in [3.63, 3.8) is 0 Å². The van der Waals surface area contributed by atoms with E-state index in [1.165, 1.54) is 45.3 Å². The molecule has 1 fully saturated rings. The van der Waals surface area contributed by atoms with Crippen LogP contribution in [-0.2, 0) is 4.74 Å². The van der Waals surface area contributed by atoms with Crippen LogP contribution in [0, 0.1) is 11.8 Å². The standard InChI is InChI=1S/C13H28N2O/c1-3-12(10-14)4-7-15-8-5-13(6-9-15)11-16-2/h12-13H,3-11,14H2,1-2H3. The third-order valence-electron chi connectivity index (χ3n) is 3.87. The van der Waals surface area contributed by atoms with E-state index in [0.717, 1.165) is 25.0 Å². The molecule has 1 rings (SSSR count). The summed E-state index contributed by atoms with van der Waals surface area (Å²) < 4.78 is 5.21. The van der Waals surface area contributed by atoms with Crippen molar-refractivity contribution in [1.29, 1.82) is 0 Å². The van der Waals surface area contributed by atoms with Crippen molar-refractivity contribution in [3.8, 4) is 0 Å². The third-order valence-corrected chi connectivity index (χ3v) is 3.87. The number of ether oxygens (including phenoxy) is 1. The van der Waals surface area contributed by atoms with Crippen LogP contribution in [0.5, 0.6) is 0 Å². The zero-order valence-electron chi connectivity index (χ0n) is 11.0. The van der Waals surface area contributed by atoms with E-state index >= 15 is 0 Å². The van der Waals surface area contributed by atoms with Gasteiger partial charge in [-0.25, -0.2) is 0 Å². The average Bonchev–Trinajstić information content (AvgIpc) is 2.33. The van der Waals surface area contributed by atoms with Crippen LogP contribution in [0.3, 0.4) is 0 Å². The topological polar surface area (TPSA) is 38.5 Å². The number of nitrogens with two attached hydrogens (primary N) is 1. The van der Waals surface area contributed by atoms with Gasteiger partial charge in [0.05, 0.1) is 0 Å². The number of nitrogens with zero attached hydrogens (tertiary/aromatic N) is 1. The molecule has 1 unspecified atom stereocenters. The largest absolute Gasteiger partial charge is 0.384 e. The Bertz CT molecular complexity index is 163. The maximum Gasteiger partial charge on any atom is 0.0491 e. The van der Waals surface area contributed by atoms with E-state index in [-0.39, 0.29) is 0 Å². The summed E-state index contributed by atoms with van der Waals surface area (Å²) in [6, 6.07) is 0. The Balaban J connectivity index is 2.12. The van der Waals surface area contributed by atoms with Crippen LogP contribution >= 0.6 is 0 Å². The first-order valence-electron chi connectivity index (χ1n) is 6.71. The van der Waals surface area contributed by atoms with Crippen LogP contribution in [0.2, 0.25) is 0 Å². The first-order valence-corrected chi connectivity index (χ1v) is 6.71. The minimum absolute atomic E-state index is 0.719. The molecule has 0 aromatic carbocycles. The van der Waals surface area contributed by atoms with Crippen LogP contribution in [-0.4, -0.2) is 44.8 Å². The molecule has 3 heteroatoms. The molecule has 16 heavy (non-hydrogen) atoms. The second kappa shape index (κ2) is 8.04. The molecule has 1 aliphatic rings. The van der Waals surface area contributed by atoms with E-state index in [1.807, 2.05) is 0 Å². The highest BCUT2D eigenvalue weighted by molar-refractivity contribution is 4.73. The molecule has 0 aromatic rings. The van der Waals surface area contributed by atoms with Crippen LogP contribution in [0.25, 0.3) is 0 Å². The van der Waals surface area contributed by atoms with E-state index in [4.69, 9.17) is 10.5 Å². The number of methoxy groups -OCH3 is 1. The maximum absolute atomic E-state index is 5.73. The molecular weight excluding hydrogens is 200 g/mol.